The minimum atomic E-state index is 0.0408. The van der Waals surface area contributed by atoms with E-state index in [1.807, 2.05) is 0 Å². The zero-order valence-corrected chi connectivity index (χ0v) is 39.8. The molecule has 0 heteroatoms. The van der Waals surface area contributed by atoms with Gasteiger partial charge in [0.1, 0.15) is 0 Å². The molecule has 0 amide bonds. The Labute approximate surface area is 345 Å². The molecule has 5 rings (SSSR count). The lowest BCUT2D eigenvalue weighted by Gasteiger charge is -2.31. The van der Waals surface area contributed by atoms with Crippen molar-refractivity contribution in [3.05, 3.63) is 138 Å². The Morgan fingerprint density at radius 1 is 0.268 bits per heavy atom. The molecule has 4 aromatic rings. The van der Waals surface area contributed by atoms with Crippen molar-refractivity contribution in [3.8, 4) is 0 Å². The molecule has 0 atom stereocenters. The highest BCUT2D eigenvalue weighted by Gasteiger charge is 2.29. The molecule has 0 nitrogen and oxygen atoms in total. The van der Waals surface area contributed by atoms with Gasteiger partial charge in [-0.25, -0.2) is 0 Å². The fourth-order valence-electron chi connectivity index (χ4n) is 9.80. The van der Waals surface area contributed by atoms with Gasteiger partial charge < -0.3 is 0 Å². The Morgan fingerprint density at radius 3 is 0.482 bits per heavy atom. The maximum Gasteiger partial charge on any atom is -0.00197 e. The molecular formula is C56H80. The third-order valence-electron chi connectivity index (χ3n) is 12.7. The summed E-state index contributed by atoms with van der Waals surface area (Å²) in [7, 11) is 0. The largest absolute Gasteiger partial charge is 0.0587 e. The fraction of sp³-hybridized carbons (Fsp3) is 0.571. The summed E-state index contributed by atoms with van der Waals surface area (Å²) in [5.74, 6) is 1.66. The van der Waals surface area contributed by atoms with Gasteiger partial charge in [-0.1, -0.05) is 187 Å². The molecule has 0 radical (unpaired) electrons. The van der Waals surface area contributed by atoms with E-state index in [2.05, 4.69) is 187 Å². The number of hydrogen-bond donors (Lipinski definition) is 0. The van der Waals surface area contributed by atoms with Gasteiger partial charge in [0.2, 0.25) is 0 Å². The van der Waals surface area contributed by atoms with Gasteiger partial charge in [0.15, 0.2) is 0 Å². The van der Waals surface area contributed by atoms with E-state index in [9.17, 15) is 0 Å². The van der Waals surface area contributed by atoms with Gasteiger partial charge in [-0.3, -0.25) is 0 Å². The van der Waals surface area contributed by atoms with Crippen LogP contribution in [0, 0.1) is 0 Å². The standard InChI is InChI=1S/C56H80/c1-33(2)49-37-21-39-27-46(54(12,13)14)29-41(50(39)34(3)4)23-43-31-48(56(18,19)20)32-44(52(43)36(7)8)24-42-30-47(55(15,16)17)28-40(51(42)35(5)6)22-38(49)26-45(25-37)53(9,10)11/h25-36H,21-24H2,1-20H3. The maximum absolute atomic E-state index is 2.60. The highest BCUT2D eigenvalue weighted by molar-refractivity contribution is 5.56. The summed E-state index contributed by atoms with van der Waals surface area (Å²) >= 11 is 0. The van der Waals surface area contributed by atoms with Crippen molar-refractivity contribution in [2.45, 2.75) is 209 Å². The molecule has 0 N–H and O–H groups in total. The van der Waals surface area contributed by atoms with Crippen LogP contribution in [0.4, 0.5) is 0 Å². The SMILES string of the molecule is CC(C)c1c2cc(C(C)(C)C)cc1Cc1cc(C(C)(C)C)cc(c1C(C)C)Cc1cc(C(C)(C)C)cc(c1C(C)C)Cc1cc(C(C)(C)C)cc(c1C(C)C)C2. The highest BCUT2D eigenvalue weighted by atomic mass is 14.3. The van der Waals surface area contributed by atoms with E-state index in [0.29, 0.717) is 23.7 Å². The summed E-state index contributed by atoms with van der Waals surface area (Å²) in [6.07, 6.45) is 3.85. The molecule has 56 heavy (non-hydrogen) atoms. The topological polar surface area (TPSA) is 0 Å². The first kappa shape index (κ1) is 44.0. The van der Waals surface area contributed by atoms with Gasteiger partial charge >= 0.3 is 0 Å². The lowest BCUT2D eigenvalue weighted by molar-refractivity contribution is 0.585. The van der Waals surface area contributed by atoms with E-state index in [1.165, 1.54) is 66.8 Å². The van der Waals surface area contributed by atoms with Crippen LogP contribution in [0.5, 0.6) is 0 Å². The van der Waals surface area contributed by atoms with Crippen LogP contribution in [-0.4, -0.2) is 0 Å². The van der Waals surface area contributed by atoms with Crippen LogP contribution in [0.2, 0.25) is 0 Å². The van der Waals surface area contributed by atoms with Crippen LogP contribution in [0.3, 0.4) is 0 Å². The molecule has 4 aromatic carbocycles. The molecule has 8 bridgehead atoms. The van der Waals surface area contributed by atoms with Crippen LogP contribution >= 0.6 is 0 Å². The summed E-state index contributed by atoms with van der Waals surface area (Å²) in [4.78, 5) is 0. The Morgan fingerprint density at radius 2 is 0.393 bits per heavy atom. The van der Waals surface area contributed by atoms with Gasteiger partial charge in [-0.2, -0.15) is 0 Å². The molecule has 0 saturated heterocycles. The van der Waals surface area contributed by atoms with Crippen molar-refractivity contribution in [1.82, 2.24) is 0 Å². The molecule has 1 aliphatic carbocycles. The number of fused-ring (bicyclic) bond motifs is 8. The van der Waals surface area contributed by atoms with E-state index in [0.717, 1.165) is 25.7 Å². The first-order chi connectivity index (χ1) is 25.6. The first-order valence-corrected chi connectivity index (χ1v) is 22.2. The van der Waals surface area contributed by atoms with Crippen LogP contribution < -0.4 is 0 Å². The zero-order valence-electron chi connectivity index (χ0n) is 39.8. The number of rotatable bonds is 4. The van der Waals surface area contributed by atoms with Crippen molar-refractivity contribution in [3.63, 3.8) is 0 Å². The second kappa shape index (κ2) is 15.6. The molecule has 0 spiro atoms. The van der Waals surface area contributed by atoms with Crippen LogP contribution in [0.15, 0.2) is 48.5 Å². The van der Waals surface area contributed by atoms with Gasteiger partial charge in [-0.15, -0.1) is 0 Å². The zero-order chi connectivity index (χ0) is 42.0. The average Bonchev–Trinajstić information content (AvgIpc) is 3.01. The number of hydrogen-bond acceptors (Lipinski definition) is 0. The normalized spacial score (nSPS) is 14.4. The molecular weight excluding hydrogens is 673 g/mol. The van der Waals surface area contributed by atoms with Crippen molar-refractivity contribution in [2.75, 3.05) is 0 Å². The summed E-state index contributed by atoms with van der Waals surface area (Å²) in [6, 6.07) is 20.8. The molecule has 0 saturated carbocycles. The quantitative estimate of drug-likeness (QED) is 0.171. The van der Waals surface area contributed by atoms with Crippen molar-refractivity contribution >= 4 is 0 Å². The Bertz CT molecular complexity index is 1670. The van der Waals surface area contributed by atoms with Gasteiger partial charge in [0.25, 0.3) is 0 Å². The highest BCUT2D eigenvalue weighted by Crippen LogP contribution is 2.42. The summed E-state index contributed by atoms with van der Waals surface area (Å²) < 4.78 is 0. The van der Waals surface area contributed by atoms with Crippen molar-refractivity contribution in [2.24, 2.45) is 0 Å². The van der Waals surface area contributed by atoms with E-state index in [4.69, 9.17) is 0 Å². The van der Waals surface area contributed by atoms with Gasteiger partial charge in [0.05, 0.1) is 0 Å². The predicted octanol–water partition coefficient (Wildman–Crippen LogP) is 16.0. The predicted molar refractivity (Wildman–Crippen MR) is 248 cm³/mol. The van der Waals surface area contributed by atoms with E-state index in [1.54, 1.807) is 22.3 Å². The third-order valence-corrected chi connectivity index (χ3v) is 12.7. The third kappa shape index (κ3) is 9.27. The van der Waals surface area contributed by atoms with E-state index < -0.39 is 0 Å². The van der Waals surface area contributed by atoms with Gasteiger partial charge in [-0.05, 0) is 160 Å². The molecule has 0 heterocycles. The van der Waals surface area contributed by atoms with Crippen LogP contribution in [0.25, 0.3) is 0 Å². The maximum atomic E-state index is 2.60. The van der Waals surface area contributed by atoms with Gasteiger partial charge in [0, 0.05) is 0 Å². The minimum Gasteiger partial charge on any atom is -0.0587 e. The Balaban J connectivity index is 2.05. The summed E-state index contributed by atoms with van der Waals surface area (Å²) in [5, 5.41) is 0. The molecule has 0 aliphatic heterocycles. The van der Waals surface area contributed by atoms with E-state index >= 15 is 0 Å². The smallest absolute Gasteiger partial charge is 0.00197 e. The minimum absolute atomic E-state index is 0.0408. The molecule has 1 aliphatic rings. The molecule has 0 aromatic heterocycles. The molecule has 0 fully saturated rings. The second-order valence-corrected chi connectivity index (χ2v) is 23.2. The van der Waals surface area contributed by atoms with Crippen molar-refractivity contribution < 1.29 is 0 Å². The monoisotopic (exact) mass is 753 g/mol. The summed E-state index contributed by atoms with van der Waals surface area (Å²) in [6.45, 7) is 48.3. The Hall–Kier alpha value is -3.12. The van der Waals surface area contributed by atoms with E-state index in [-0.39, 0.29) is 21.7 Å². The lowest BCUT2D eigenvalue weighted by atomic mass is 9.73. The summed E-state index contributed by atoms with van der Waals surface area (Å²) in [5.41, 5.74) is 24.4. The van der Waals surface area contributed by atoms with Crippen LogP contribution in [0.1, 0.15) is 251 Å². The molecule has 304 valence electrons. The number of benzene rings is 4. The Kier molecular flexibility index (Phi) is 12.2. The van der Waals surface area contributed by atoms with Crippen LogP contribution in [-0.2, 0) is 47.3 Å². The van der Waals surface area contributed by atoms with Crippen molar-refractivity contribution in [1.29, 1.82) is 0 Å². The lowest BCUT2D eigenvalue weighted by Crippen LogP contribution is -2.19. The first-order valence-electron chi connectivity index (χ1n) is 22.2. The fourth-order valence-corrected chi connectivity index (χ4v) is 9.80. The average molecular weight is 753 g/mol. The molecule has 0 unspecified atom stereocenters. The second-order valence-electron chi connectivity index (χ2n) is 23.2.